The molecule has 1 fully saturated rings. The van der Waals surface area contributed by atoms with Crippen LogP contribution in [0, 0.1) is 5.82 Å². The highest BCUT2D eigenvalue weighted by Gasteiger charge is 2.43. The summed E-state index contributed by atoms with van der Waals surface area (Å²) < 4.78 is 13.8. The SMILES string of the molecule is CC1(C)NC(=O)N(CCNc2ncc(Br)c(-c3ncc(C(O)c4ccc(F)cc4)s3)n2)C1=O. The lowest BCUT2D eigenvalue weighted by Crippen LogP contribution is -2.40. The van der Waals surface area contributed by atoms with Crippen LogP contribution in [-0.4, -0.2) is 55.5 Å². The minimum Gasteiger partial charge on any atom is -0.383 e. The van der Waals surface area contributed by atoms with E-state index in [4.69, 9.17) is 0 Å². The summed E-state index contributed by atoms with van der Waals surface area (Å²) in [5, 5.41) is 16.8. The van der Waals surface area contributed by atoms with Gasteiger partial charge in [-0.15, -0.1) is 11.3 Å². The number of halogens is 2. The summed E-state index contributed by atoms with van der Waals surface area (Å²) in [5.74, 6) is -0.364. The van der Waals surface area contributed by atoms with E-state index in [9.17, 15) is 19.1 Å². The largest absolute Gasteiger partial charge is 0.383 e. The number of imide groups is 1. The molecule has 0 aliphatic carbocycles. The molecule has 0 radical (unpaired) electrons. The summed E-state index contributed by atoms with van der Waals surface area (Å²) >= 11 is 4.67. The molecule has 3 aromatic rings. The maximum Gasteiger partial charge on any atom is 0.325 e. The third-order valence-electron chi connectivity index (χ3n) is 4.99. The molecule has 3 heterocycles. The van der Waals surface area contributed by atoms with Crippen LogP contribution in [0.15, 0.2) is 41.1 Å². The molecule has 33 heavy (non-hydrogen) atoms. The predicted molar refractivity (Wildman–Crippen MR) is 124 cm³/mol. The van der Waals surface area contributed by atoms with Gasteiger partial charge < -0.3 is 15.7 Å². The monoisotopic (exact) mass is 534 g/mol. The fourth-order valence-corrected chi connectivity index (χ4v) is 4.68. The van der Waals surface area contributed by atoms with Crippen molar-refractivity contribution >= 4 is 45.2 Å². The minimum absolute atomic E-state index is 0.161. The zero-order valence-corrected chi connectivity index (χ0v) is 20.1. The Kier molecular flexibility index (Phi) is 6.41. The van der Waals surface area contributed by atoms with Gasteiger partial charge in [0.2, 0.25) is 5.95 Å². The third kappa shape index (κ3) is 4.87. The molecule has 0 bridgehead atoms. The zero-order chi connectivity index (χ0) is 23.8. The van der Waals surface area contributed by atoms with E-state index in [0.29, 0.717) is 31.6 Å². The van der Waals surface area contributed by atoms with Gasteiger partial charge in [0.25, 0.3) is 5.91 Å². The van der Waals surface area contributed by atoms with E-state index < -0.39 is 17.7 Å². The van der Waals surface area contributed by atoms with Gasteiger partial charge in [-0.05, 0) is 47.5 Å². The lowest BCUT2D eigenvalue weighted by molar-refractivity contribution is -0.130. The van der Waals surface area contributed by atoms with E-state index >= 15 is 0 Å². The predicted octanol–water partition coefficient (Wildman–Crippen LogP) is 3.33. The highest BCUT2D eigenvalue weighted by Crippen LogP contribution is 2.34. The lowest BCUT2D eigenvalue weighted by atomic mass is 10.1. The molecule has 3 amide bonds. The van der Waals surface area contributed by atoms with Crippen LogP contribution in [-0.2, 0) is 4.79 Å². The van der Waals surface area contributed by atoms with Gasteiger partial charge in [0.1, 0.15) is 28.2 Å². The van der Waals surface area contributed by atoms with Gasteiger partial charge in [-0.2, -0.15) is 0 Å². The van der Waals surface area contributed by atoms with E-state index in [1.54, 1.807) is 26.2 Å². The van der Waals surface area contributed by atoms with E-state index in [1.807, 2.05) is 0 Å². The zero-order valence-electron chi connectivity index (χ0n) is 17.7. The molecule has 12 heteroatoms. The van der Waals surface area contributed by atoms with Crippen LogP contribution in [0.5, 0.6) is 0 Å². The number of hydrogen-bond donors (Lipinski definition) is 3. The minimum atomic E-state index is -0.941. The Morgan fingerprint density at radius 1 is 1.24 bits per heavy atom. The van der Waals surface area contributed by atoms with Crippen LogP contribution < -0.4 is 10.6 Å². The number of aliphatic hydroxyl groups is 1. The number of aromatic nitrogens is 3. The standard InChI is InChI=1S/C21H20BrFN6O3S/c1-21(2)18(31)29(20(32)28-21)8-7-24-19-26-9-13(22)15(27-19)17-25-10-14(33-17)16(30)11-3-5-12(23)6-4-11/h3-6,9-10,16,30H,7-8H2,1-2H3,(H,28,32)(H,24,26,27). The molecule has 1 atom stereocenters. The van der Waals surface area contributed by atoms with E-state index in [0.717, 1.165) is 4.90 Å². The number of carbonyl (C=O) groups is 2. The molecule has 0 saturated carbocycles. The normalized spacial score (nSPS) is 16.1. The highest BCUT2D eigenvalue weighted by molar-refractivity contribution is 9.10. The summed E-state index contributed by atoms with van der Waals surface area (Å²) in [5.41, 5.74) is 0.157. The molecular weight excluding hydrogens is 515 g/mol. The summed E-state index contributed by atoms with van der Waals surface area (Å²) in [6.07, 6.45) is 2.18. The van der Waals surface area contributed by atoms with Crippen LogP contribution in [0.3, 0.4) is 0 Å². The van der Waals surface area contributed by atoms with Crippen molar-refractivity contribution in [2.75, 3.05) is 18.4 Å². The first-order valence-corrected chi connectivity index (χ1v) is 11.6. The Morgan fingerprint density at radius 2 is 1.97 bits per heavy atom. The van der Waals surface area contributed by atoms with Gasteiger partial charge in [0.15, 0.2) is 0 Å². The van der Waals surface area contributed by atoms with Crippen LogP contribution in [0.25, 0.3) is 10.7 Å². The van der Waals surface area contributed by atoms with Crippen LogP contribution in [0.1, 0.15) is 30.4 Å². The first-order valence-electron chi connectivity index (χ1n) is 9.96. The molecule has 9 nitrogen and oxygen atoms in total. The molecular formula is C21H20BrFN6O3S. The van der Waals surface area contributed by atoms with Crippen molar-refractivity contribution in [1.82, 2.24) is 25.2 Å². The Balaban J connectivity index is 1.45. The molecule has 1 aromatic carbocycles. The number of anilines is 1. The van der Waals surface area contributed by atoms with Gasteiger partial charge in [-0.25, -0.2) is 24.1 Å². The fraction of sp³-hybridized carbons (Fsp3) is 0.286. The highest BCUT2D eigenvalue weighted by atomic mass is 79.9. The quantitative estimate of drug-likeness (QED) is 0.397. The first-order chi connectivity index (χ1) is 15.7. The van der Waals surface area contributed by atoms with Gasteiger partial charge >= 0.3 is 6.03 Å². The number of nitrogens with zero attached hydrogens (tertiary/aromatic N) is 4. The van der Waals surface area contributed by atoms with E-state index in [-0.39, 0.29) is 24.8 Å². The molecule has 1 unspecified atom stereocenters. The number of hydrogen-bond acceptors (Lipinski definition) is 8. The van der Waals surface area contributed by atoms with Crippen molar-refractivity contribution in [3.63, 3.8) is 0 Å². The Hall–Kier alpha value is -2.96. The summed E-state index contributed by atoms with van der Waals surface area (Å²) in [6.45, 7) is 3.73. The van der Waals surface area contributed by atoms with E-state index in [1.165, 1.54) is 35.6 Å². The number of benzene rings is 1. The second-order valence-corrected chi connectivity index (χ2v) is 9.77. The number of aliphatic hydroxyl groups excluding tert-OH is 1. The molecule has 4 rings (SSSR count). The third-order valence-corrected chi connectivity index (χ3v) is 6.63. The molecule has 0 spiro atoms. The number of nitrogens with one attached hydrogen (secondary N) is 2. The van der Waals surface area contributed by atoms with Crippen LogP contribution in [0.2, 0.25) is 0 Å². The average molecular weight is 535 g/mol. The smallest absolute Gasteiger partial charge is 0.325 e. The van der Waals surface area contributed by atoms with Gasteiger partial charge in [-0.1, -0.05) is 12.1 Å². The summed E-state index contributed by atoms with van der Waals surface area (Å²) in [6, 6.07) is 5.20. The summed E-state index contributed by atoms with van der Waals surface area (Å²) in [4.78, 5) is 39.0. The molecule has 1 aliphatic heterocycles. The van der Waals surface area contributed by atoms with Crippen molar-refractivity contribution in [3.05, 3.63) is 57.4 Å². The topological polar surface area (TPSA) is 120 Å². The number of urea groups is 1. The maximum absolute atomic E-state index is 13.2. The van der Waals surface area contributed by atoms with Crippen molar-refractivity contribution in [2.24, 2.45) is 0 Å². The van der Waals surface area contributed by atoms with Gasteiger partial charge in [0, 0.05) is 25.5 Å². The fourth-order valence-electron chi connectivity index (χ4n) is 3.23. The average Bonchev–Trinajstić information content (AvgIpc) is 3.33. The Labute approximate surface area is 201 Å². The number of carbonyl (C=O) groups excluding carboxylic acids is 2. The Bertz CT molecular complexity index is 1200. The second-order valence-electron chi connectivity index (χ2n) is 7.85. The number of amides is 3. The van der Waals surface area contributed by atoms with E-state index in [2.05, 4.69) is 41.5 Å². The van der Waals surface area contributed by atoms with Crippen molar-refractivity contribution in [3.8, 4) is 10.7 Å². The van der Waals surface area contributed by atoms with Crippen molar-refractivity contribution < 1.29 is 19.1 Å². The van der Waals surface area contributed by atoms with Crippen LogP contribution in [0.4, 0.5) is 15.1 Å². The first kappa shape index (κ1) is 23.2. The second kappa shape index (κ2) is 9.12. The maximum atomic E-state index is 13.2. The Morgan fingerprint density at radius 3 is 2.64 bits per heavy atom. The number of rotatable bonds is 7. The molecule has 1 saturated heterocycles. The van der Waals surface area contributed by atoms with Crippen molar-refractivity contribution in [1.29, 1.82) is 0 Å². The van der Waals surface area contributed by atoms with Crippen molar-refractivity contribution in [2.45, 2.75) is 25.5 Å². The lowest BCUT2D eigenvalue weighted by Gasteiger charge is -2.16. The molecule has 3 N–H and O–H groups in total. The van der Waals surface area contributed by atoms with Gasteiger partial charge in [-0.3, -0.25) is 9.69 Å². The molecule has 2 aromatic heterocycles. The molecule has 1 aliphatic rings. The van der Waals surface area contributed by atoms with Crippen LogP contribution >= 0.6 is 27.3 Å². The summed E-state index contributed by atoms with van der Waals surface area (Å²) in [7, 11) is 0. The number of thiazole rings is 1. The molecule has 172 valence electrons. The van der Waals surface area contributed by atoms with Gasteiger partial charge in [0.05, 0.1) is 9.35 Å².